The Morgan fingerprint density at radius 1 is 1.50 bits per heavy atom. The van der Waals surface area contributed by atoms with Crippen LogP contribution in [-0.4, -0.2) is 23.4 Å². The third kappa shape index (κ3) is 1.32. The average Bonchev–Trinajstić information content (AvgIpc) is 2.45. The summed E-state index contributed by atoms with van der Waals surface area (Å²) in [5.41, 5.74) is -0.316. The van der Waals surface area contributed by atoms with Gasteiger partial charge in [-0.15, -0.1) is 0 Å². The lowest BCUT2D eigenvalue weighted by molar-refractivity contribution is -0.00000595. The van der Waals surface area contributed by atoms with Crippen LogP contribution >= 0.6 is 0 Å². The molecule has 10 heavy (non-hydrogen) atoms. The van der Waals surface area contributed by atoms with E-state index in [1.807, 2.05) is 27.7 Å². The summed E-state index contributed by atoms with van der Waals surface area (Å²) in [7, 11) is 0. The summed E-state index contributed by atoms with van der Waals surface area (Å²) in [6.07, 6.45) is -0.347. The molecule has 60 valence electrons. The van der Waals surface area contributed by atoms with E-state index < -0.39 is 0 Å². The van der Waals surface area contributed by atoms with Crippen molar-refractivity contribution < 1.29 is 9.84 Å². The standard InChI is InChI=1S/C8H16O2/c1-7(2,3)6(9)8(4)5-10-8/h6,9H,5H2,1-4H3/t6-,8-/m0/s1. The molecule has 1 N–H and O–H groups in total. The van der Waals surface area contributed by atoms with E-state index in [2.05, 4.69) is 0 Å². The fourth-order valence-electron chi connectivity index (χ4n) is 1.19. The van der Waals surface area contributed by atoms with Crippen molar-refractivity contribution in [1.29, 1.82) is 0 Å². The highest BCUT2D eigenvalue weighted by Gasteiger charge is 2.50. The molecule has 0 aromatic carbocycles. The molecule has 0 saturated carbocycles. The van der Waals surface area contributed by atoms with Gasteiger partial charge in [0.05, 0.1) is 12.7 Å². The lowest BCUT2D eigenvalue weighted by Crippen LogP contribution is -2.38. The fraction of sp³-hybridized carbons (Fsp3) is 1.00. The molecular weight excluding hydrogens is 128 g/mol. The first-order valence-corrected chi connectivity index (χ1v) is 3.68. The smallest absolute Gasteiger partial charge is 0.115 e. The second-order valence-electron chi connectivity index (χ2n) is 4.37. The zero-order chi connectivity index (χ0) is 7.99. The third-order valence-corrected chi connectivity index (χ3v) is 2.00. The number of hydrogen-bond acceptors (Lipinski definition) is 2. The predicted molar refractivity (Wildman–Crippen MR) is 39.8 cm³/mol. The van der Waals surface area contributed by atoms with E-state index in [1.54, 1.807) is 0 Å². The van der Waals surface area contributed by atoms with Gasteiger partial charge in [0.25, 0.3) is 0 Å². The molecule has 1 rings (SSSR count). The van der Waals surface area contributed by atoms with Gasteiger partial charge in [0.1, 0.15) is 5.60 Å². The normalized spacial score (nSPS) is 35.7. The SMILES string of the molecule is CC(C)(C)[C@H](O)[C@]1(C)CO1. The van der Waals surface area contributed by atoms with Gasteiger partial charge in [-0.2, -0.15) is 0 Å². The van der Waals surface area contributed by atoms with Gasteiger partial charge >= 0.3 is 0 Å². The minimum atomic E-state index is -0.347. The highest BCUT2D eigenvalue weighted by Crippen LogP contribution is 2.38. The minimum Gasteiger partial charge on any atom is -0.389 e. The van der Waals surface area contributed by atoms with Crippen LogP contribution in [0.15, 0.2) is 0 Å². The van der Waals surface area contributed by atoms with Crippen molar-refractivity contribution in [1.82, 2.24) is 0 Å². The quantitative estimate of drug-likeness (QED) is 0.560. The van der Waals surface area contributed by atoms with Crippen LogP contribution in [0.5, 0.6) is 0 Å². The second-order valence-corrected chi connectivity index (χ2v) is 4.37. The Morgan fingerprint density at radius 2 is 1.90 bits per heavy atom. The predicted octanol–water partition coefficient (Wildman–Crippen LogP) is 1.18. The first kappa shape index (κ1) is 8.02. The van der Waals surface area contributed by atoms with E-state index in [-0.39, 0.29) is 17.1 Å². The van der Waals surface area contributed by atoms with Crippen molar-refractivity contribution in [2.24, 2.45) is 5.41 Å². The lowest BCUT2D eigenvalue weighted by Gasteiger charge is -2.28. The molecule has 2 nitrogen and oxygen atoms in total. The minimum absolute atomic E-state index is 0.0642. The zero-order valence-electron chi connectivity index (χ0n) is 7.14. The van der Waals surface area contributed by atoms with Crippen molar-refractivity contribution in [2.45, 2.75) is 39.4 Å². The van der Waals surface area contributed by atoms with E-state index >= 15 is 0 Å². The van der Waals surface area contributed by atoms with Crippen LogP contribution in [0, 0.1) is 5.41 Å². The van der Waals surface area contributed by atoms with Crippen LogP contribution in [-0.2, 0) is 4.74 Å². The molecular formula is C8H16O2. The maximum Gasteiger partial charge on any atom is 0.115 e. The third-order valence-electron chi connectivity index (χ3n) is 2.00. The molecule has 1 aliphatic rings. The van der Waals surface area contributed by atoms with Gasteiger partial charge in [0.2, 0.25) is 0 Å². The Labute approximate surface area is 62.2 Å². The van der Waals surface area contributed by atoms with Crippen LogP contribution in [0.4, 0.5) is 0 Å². The molecule has 0 aromatic heterocycles. The Bertz CT molecular complexity index is 125. The van der Waals surface area contributed by atoms with E-state index in [0.717, 1.165) is 0 Å². The molecule has 2 heteroatoms. The fourth-order valence-corrected chi connectivity index (χ4v) is 1.19. The Hall–Kier alpha value is -0.0800. The Kier molecular flexibility index (Phi) is 1.57. The molecule has 2 atom stereocenters. The number of rotatable bonds is 1. The molecule has 1 saturated heterocycles. The average molecular weight is 144 g/mol. The molecule has 1 aliphatic heterocycles. The number of hydrogen-bond donors (Lipinski definition) is 1. The maximum atomic E-state index is 9.66. The van der Waals surface area contributed by atoms with Crippen molar-refractivity contribution >= 4 is 0 Å². The van der Waals surface area contributed by atoms with Crippen LogP contribution in [0.25, 0.3) is 0 Å². The van der Waals surface area contributed by atoms with Crippen LogP contribution in [0.2, 0.25) is 0 Å². The summed E-state index contributed by atoms with van der Waals surface area (Å²) >= 11 is 0. The number of ether oxygens (including phenoxy) is 1. The first-order valence-electron chi connectivity index (χ1n) is 3.68. The molecule has 0 aromatic rings. The topological polar surface area (TPSA) is 32.8 Å². The highest BCUT2D eigenvalue weighted by molar-refractivity contribution is 4.99. The van der Waals surface area contributed by atoms with Gasteiger partial charge in [-0.1, -0.05) is 20.8 Å². The van der Waals surface area contributed by atoms with Gasteiger partial charge in [-0.3, -0.25) is 0 Å². The monoisotopic (exact) mass is 144 g/mol. The number of aliphatic hydroxyl groups is 1. The van der Waals surface area contributed by atoms with Crippen molar-refractivity contribution in [3.8, 4) is 0 Å². The van der Waals surface area contributed by atoms with Gasteiger partial charge in [-0.05, 0) is 12.3 Å². The summed E-state index contributed by atoms with van der Waals surface area (Å²) in [6.45, 7) is 8.70. The van der Waals surface area contributed by atoms with Gasteiger partial charge in [0, 0.05) is 0 Å². The molecule has 0 radical (unpaired) electrons. The molecule has 0 bridgehead atoms. The second kappa shape index (κ2) is 1.95. The van der Waals surface area contributed by atoms with Gasteiger partial charge in [-0.25, -0.2) is 0 Å². The van der Waals surface area contributed by atoms with Crippen molar-refractivity contribution in [2.75, 3.05) is 6.61 Å². The van der Waals surface area contributed by atoms with E-state index in [1.165, 1.54) is 0 Å². The van der Waals surface area contributed by atoms with E-state index in [4.69, 9.17) is 4.74 Å². The summed E-state index contributed by atoms with van der Waals surface area (Å²) in [6, 6.07) is 0. The zero-order valence-corrected chi connectivity index (χ0v) is 7.14. The summed E-state index contributed by atoms with van der Waals surface area (Å²) in [5.74, 6) is 0. The van der Waals surface area contributed by atoms with Crippen LogP contribution < -0.4 is 0 Å². The molecule has 0 unspecified atom stereocenters. The van der Waals surface area contributed by atoms with Crippen LogP contribution in [0.1, 0.15) is 27.7 Å². The molecule has 0 spiro atoms. The van der Waals surface area contributed by atoms with Crippen LogP contribution in [0.3, 0.4) is 0 Å². The van der Waals surface area contributed by atoms with Gasteiger partial charge < -0.3 is 9.84 Å². The molecule has 1 heterocycles. The number of aliphatic hydroxyl groups excluding tert-OH is 1. The van der Waals surface area contributed by atoms with Crippen molar-refractivity contribution in [3.63, 3.8) is 0 Å². The van der Waals surface area contributed by atoms with Gasteiger partial charge in [0.15, 0.2) is 0 Å². The lowest BCUT2D eigenvalue weighted by atomic mass is 9.82. The van der Waals surface area contributed by atoms with Crippen molar-refractivity contribution in [3.05, 3.63) is 0 Å². The highest BCUT2D eigenvalue weighted by atomic mass is 16.6. The van der Waals surface area contributed by atoms with E-state index in [0.29, 0.717) is 6.61 Å². The van der Waals surface area contributed by atoms with E-state index in [9.17, 15) is 5.11 Å². The maximum absolute atomic E-state index is 9.66. The summed E-state index contributed by atoms with van der Waals surface area (Å²) in [4.78, 5) is 0. The molecule has 0 amide bonds. The molecule has 1 fully saturated rings. The Morgan fingerprint density at radius 3 is 2.00 bits per heavy atom. The number of epoxide rings is 1. The molecule has 0 aliphatic carbocycles. The largest absolute Gasteiger partial charge is 0.389 e. The summed E-state index contributed by atoms with van der Waals surface area (Å²) < 4.78 is 5.13. The first-order chi connectivity index (χ1) is 4.36. The Balaban J connectivity index is 2.57. The summed E-state index contributed by atoms with van der Waals surface area (Å²) in [5, 5.41) is 9.66.